The fraction of sp³-hybridized carbons (Fsp3) is 0.824. The summed E-state index contributed by atoms with van der Waals surface area (Å²) >= 11 is 0. The largest absolute Gasteiger partial charge is 0.344 e. The van der Waals surface area contributed by atoms with E-state index in [-0.39, 0.29) is 40.2 Å². The lowest BCUT2D eigenvalue weighted by molar-refractivity contribution is -0.220. The molecule has 0 amide bonds. The average molecular weight is 276 g/mol. The number of hydrogen-bond acceptors (Lipinski definition) is 3. The third-order valence-electron chi connectivity index (χ3n) is 6.91. The quantitative estimate of drug-likeness (QED) is 0.682. The van der Waals surface area contributed by atoms with Crippen LogP contribution in [0.3, 0.4) is 0 Å². The van der Waals surface area contributed by atoms with Crippen LogP contribution in [0.25, 0.3) is 0 Å². The summed E-state index contributed by atoms with van der Waals surface area (Å²) in [5.74, 6) is -0.210. The van der Waals surface area contributed by atoms with Gasteiger partial charge in [-0.05, 0) is 38.2 Å². The van der Waals surface area contributed by atoms with E-state index in [4.69, 9.17) is 9.47 Å². The molecule has 4 aliphatic carbocycles. The number of fused-ring (bicyclic) bond motifs is 1. The zero-order valence-corrected chi connectivity index (χ0v) is 13.0. The van der Waals surface area contributed by atoms with Crippen LogP contribution in [0.1, 0.15) is 47.5 Å². The predicted octanol–water partition coefficient (Wildman–Crippen LogP) is 3.09. The summed E-state index contributed by atoms with van der Waals surface area (Å²) < 4.78 is 12.6. The van der Waals surface area contributed by atoms with Crippen LogP contribution >= 0.6 is 0 Å². The van der Waals surface area contributed by atoms with E-state index in [1.54, 1.807) is 6.08 Å². The Morgan fingerprint density at radius 1 is 1.05 bits per heavy atom. The van der Waals surface area contributed by atoms with Crippen molar-refractivity contribution in [2.45, 2.75) is 65.5 Å². The molecule has 0 aromatic carbocycles. The first-order chi connectivity index (χ1) is 9.14. The Morgan fingerprint density at radius 3 is 2.40 bits per heavy atom. The van der Waals surface area contributed by atoms with Crippen molar-refractivity contribution in [3.05, 3.63) is 12.2 Å². The van der Waals surface area contributed by atoms with E-state index in [1.807, 2.05) is 13.8 Å². The molecular weight excluding hydrogens is 252 g/mol. The molecule has 110 valence electrons. The number of ether oxygens (including phenoxy) is 2. The lowest BCUT2D eigenvalue weighted by Gasteiger charge is -2.66. The lowest BCUT2D eigenvalue weighted by Crippen LogP contribution is -2.70. The van der Waals surface area contributed by atoms with Crippen LogP contribution in [-0.4, -0.2) is 23.8 Å². The van der Waals surface area contributed by atoms with E-state index in [0.717, 1.165) is 12.8 Å². The number of hydrogen-bond donors (Lipinski definition) is 0. The minimum Gasteiger partial charge on any atom is -0.344 e. The van der Waals surface area contributed by atoms with Crippen LogP contribution in [0.4, 0.5) is 0 Å². The Kier molecular flexibility index (Phi) is 2.10. The van der Waals surface area contributed by atoms with Crippen LogP contribution in [0.5, 0.6) is 0 Å². The molecule has 0 N–H and O–H groups in total. The van der Waals surface area contributed by atoms with Crippen molar-refractivity contribution in [1.29, 1.82) is 0 Å². The number of allylic oxidation sites excluding steroid dienone is 1. The van der Waals surface area contributed by atoms with Crippen molar-refractivity contribution in [2.75, 3.05) is 0 Å². The van der Waals surface area contributed by atoms with Gasteiger partial charge >= 0.3 is 0 Å². The fourth-order valence-electron chi connectivity index (χ4n) is 5.61. The smallest absolute Gasteiger partial charge is 0.163 e. The molecule has 3 heteroatoms. The molecule has 1 spiro atoms. The van der Waals surface area contributed by atoms with Gasteiger partial charge in [-0.1, -0.05) is 26.8 Å². The molecule has 3 saturated carbocycles. The number of carbonyl (C=O) groups is 1. The van der Waals surface area contributed by atoms with Crippen LogP contribution in [0, 0.1) is 22.2 Å². The lowest BCUT2D eigenvalue weighted by atomic mass is 9.38. The molecule has 5 aliphatic rings. The third-order valence-corrected chi connectivity index (χ3v) is 6.91. The zero-order valence-electron chi connectivity index (χ0n) is 13.0. The zero-order chi connectivity index (χ0) is 14.6. The Morgan fingerprint density at radius 2 is 1.70 bits per heavy atom. The molecule has 1 unspecified atom stereocenters. The molecule has 0 radical (unpaired) electrons. The maximum atomic E-state index is 12.5. The second-order valence-corrected chi connectivity index (χ2v) is 8.40. The molecule has 1 aliphatic heterocycles. The van der Waals surface area contributed by atoms with Gasteiger partial charge in [0.15, 0.2) is 11.6 Å². The van der Waals surface area contributed by atoms with Gasteiger partial charge in [0.2, 0.25) is 0 Å². The van der Waals surface area contributed by atoms with Gasteiger partial charge in [-0.15, -0.1) is 0 Å². The molecular formula is C17H24O3. The molecule has 1 heterocycles. The number of carbonyl (C=O) groups excluding carboxylic acids is 1. The first kappa shape index (κ1) is 13.0. The number of ketones is 1. The molecule has 4 fully saturated rings. The van der Waals surface area contributed by atoms with Crippen molar-refractivity contribution in [3.8, 4) is 0 Å². The van der Waals surface area contributed by atoms with Crippen molar-refractivity contribution >= 4 is 5.78 Å². The van der Waals surface area contributed by atoms with Crippen molar-refractivity contribution in [2.24, 2.45) is 22.2 Å². The monoisotopic (exact) mass is 276 g/mol. The number of rotatable bonds is 0. The Balaban J connectivity index is 1.93. The maximum absolute atomic E-state index is 12.5. The van der Waals surface area contributed by atoms with Crippen molar-refractivity contribution < 1.29 is 14.3 Å². The van der Waals surface area contributed by atoms with Crippen molar-refractivity contribution in [3.63, 3.8) is 0 Å². The molecule has 0 aromatic rings. The van der Waals surface area contributed by atoms with Crippen LogP contribution in [-0.2, 0) is 14.3 Å². The molecule has 5 rings (SSSR count). The predicted molar refractivity (Wildman–Crippen MR) is 75.0 cm³/mol. The van der Waals surface area contributed by atoms with E-state index < -0.39 is 5.79 Å². The van der Waals surface area contributed by atoms with E-state index in [9.17, 15) is 4.79 Å². The Hall–Kier alpha value is -0.670. The van der Waals surface area contributed by atoms with Crippen LogP contribution in [0.2, 0.25) is 0 Å². The van der Waals surface area contributed by atoms with Gasteiger partial charge < -0.3 is 9.47 Å². The highest BCUT2D eigenvalue weighted by Gasteiger charge is 2.76. The molecule has 0 aromatic heterocycles. The molecule has 1 saturated heterocycles. The minimum absolute atomic E-state index is 0.000463. The van der Waals surface area contributed by atoms with Gasteiger partial charge in [-0.25, -0.2) is 0 Å². The van der Waals surface area contributed by atoms with Crippen LogP contribution < -0.4 is 0 Å². The highest BCUT2D eigenvalue weighted by molar-refractivity contribution is 5.96. The highest BCUT2D eigenvalue weighted by Crippen LogP contribution is 2.73. The van der Waals surface area contributed by atoms with Gasteiger partial charge in [0, 0.05) is 16.7 Å². The topological polar surface area (TPSA) is 35.5 Å². The fourth-order valence-corrected chi connectivity index (χ4v) is 5.61. The summed E-state index contributed by atoms with van der Waals surface area (Å²) in [6.07, 6.45) is 6.21. The molecule has 5 atom stereocenters. The van der Waals surface area contributed by atoms with E-state index >= 15 is 0 Å². The highest BCUT2D eigenvalue weighted by atomic mass is 16.8. The summed E-state index contributed by atoms with van der Waals surface area (Å²) in [7, 11) is 0. The second-order valence-electron chi connectivity index (χ2n) is 8.40. The molecule has 3 nitrogen and oxygen atoms in total. The summed E-state index contributed by atoms with van der Waals surface area (Å²) in [5, 5.41) is 0. The van der Waals surface area contributed by atoms with Gasteiger partial charge in [-0.2, -0.15) is 0 Å². The van der Waals surface area contributed by atoms with Crippen molar-refractivity contribution in [1.82, 2.24) is 0 Å². The Bertz CT molecular complexity index is 532. The van der Waals surface area contributed by atoms with Crippen LogP contribution in [0.15, 0.2) is 12.2 Å². The standard InChI is InChI=1S/C17H24O3/c1-14(2)11-10(18)6-7-17(11)9-8-16(14,5)12-13(17)20-15(3,4)19-12/h6-7,11-13H,8-9H2,1-5H3/t11?,12-,13+,16-,17-/m1/s1. The normalized spacial score (nSPS) is 54.0. The summed E-state index contributed by atoms with van der Waals surface area (Å²) in [6.45, 7) is 10.8. The minimum atomic E-state index is -0.543. The van der Waals surface area contributed by atoms with Gasteiger partial charge in [-0.3, -0.25) is 4.79 Å². The summed E-state index contributed by atoms with van der Waals surface area (Å²) in [4.78, 5) is 12.5. The Labute approximate surface area is 120 Å². The van der Waals surface area contributed by atoms with Gasteiger partial charge in [0.05, 0.1) is 12.2 Å². The average Bonchev–Trinajstić information content (AvgIpc) is 2.83. The third kappa shape index (κ3) is 1.15. The van der Waals surface area contributed by atoms with Gasteiger partial charge in [0.25, 0.3) is 0 Å². The maximum Gasteiger partial charge on any atom is 0.163 e. The van der Waals surface area contributed by atoms with Gasteiger partial charge in [0.1, 0.15) is 0 Å². The summed E-state index contributed by atoms with van der Waals surface area (Å²) in [5.41, 5.74) is -0.201. The molecule has 20 heavy (non-hydrogen) atoms. The van der Waals surface area contributed by atoms with E-state index in [2.05, 4.69) is 26.8 Å². The van der Waals surface area contributed by atoms with E-state index in [1.165, 1.54) is 0 Å². The first-order valence-corrected chi connectivity index (χ1v) is 7.73. The molecule has 2 bridgehead atoms. The van der Waals surface area contributed by atoms with E-state index in [0.29, 0.717) is 0 Å². The second kappa shape index (κ2) is 3.22. The summed E-state index contributed by atoms with van der Waals surface area (Å²) in [6, 6.07) is 0. The SMILES string of the molecule is CC1(C)O[C@@H]2[C@H](O1)[C@@]13C=CC(=O)C1C(C)(C)[C@]2(C)CC3. The first-order valence-electron chi connectivity index (χ1n) is 7.73.